The van der Waals surface area contributed by atoms with Gasteiger partial charge in [-0.05, 0) is 25.5 Å². The van der Waals surface area contributed by atoms with Crippen molar-refractivity contribution >= 4 is 18.4 Å². The van der Waals surface area contributed by atoms with Crippen LogP contribution in [-0.2, 0) is 6.42 Å². The first kappa shape index (κ1) is 12.1. The van der Waals surface area contributed by atoms with E-state index in [0.29, 0.717) is 11.3 Å². The van der Waals surface area contributed by atoms with Crippen LogP contribution >= 0.6 is 12.6 Å². The summed E-state index contributed by atoms with van der Waals surface area (Å²) in [6.07, 6.45) is 1.88. The second-order valence-corrected chi connectivity index (χ2v) is 3.93. The molecule has 1 rings (SSSR count). The zero-order valence-corrected chi connectivity index (χ0v) is 10.2. The van der Waals surface area contributed by atoms with Crippen LogP contribution in [0.1, 0.15) is 36.2 Å². The minimum Gasteiger partial charge on any atom is -0.496 e. The number of methoxy groups -OCH3 is 1. The average molecular weight is 224 g/mol. The quantitative estimate of drug-likeness (QED) is 0.628. The van der Waals surface area contributed by atoms with Gasteiger partial charge in [0.15, 0.2) is 5.78 Å². The molecule has 0 amide bonds. The Morgan fingerprint density at radius 1 is 1.47 bits per heavy atom. The summed E-state index contributed by atoms with van der Waals surface area (Å²) >= 11 is 4.38. The van der Waals surface area contributed by atoms with Crippen LogP contribution in [-0.4, -0.2) is 12.9 Å². The summed E-state index contributed by atoms with van der Waals surface area (Å²) in [6, 6.07) is 3.62. The van der Waals surface area contributed by atoms with Crippen LogP contribution in [0.15, 0.2) is 17.0 Å². The van der Waals surface area contributed by atoms with Gasteiger partial charge < -0.3 is 4.74 Å². The summed E-state index contributed by atoms with van der Waals surface area (Å²) in [4.78, 5) is 12.3. The van der Waals surface area contributed by atoms with Gasteiger partial charge in [0, 0.05) is 10.5 Å². The Morgan fingerprint density at radius 3 is 2.60 bits per heavy atom. The molecular formula is C12H16O2S. The summed E-state index contributed by atoms with van der Waals surface area (Å²) in [7, 11) is 1.59. The monoisotopic (exact) mass is 224 g/mol. The zero-order chi connectivity index (χ0) is 11.4. The van der Waals surface area contributed by atoms with Crippen LogP contribution < -0.4 is 4.74 Å². The van der Waals surface area contributed by atoms with E-state index in [4.69, 9.17) is 4.74 Å². The first-order valence-electron chi connectivity index (χ1n) is 5.01. The third kappa shape index (κ3) is 2.53. The molecule has 0 unspecified atom stereocenters. The number of ether oxygens (including phenoxy) is 1. The van der Waals surface area contributed by atoms with E-state index in [1.807, 2.05) is 6.07 Å². The van der Waals surface area contributed by atoms with Crippen LogP contribution in [0, 0.1) is 0 Å². The molecule has 0 heterocycles. The first-order chi connectivity index (χ1) is 7.11. The van der Waals surface area contributed by atoms with Crippen molar-refractivity contribution in [3.8, 4) is 5.75 Å². The zero-order valence-electron chi connectivity index (χ0n) is 9.33. The highest BCUT2D eigenvalue weighted by Gasteiger charge is 2.14. The third-order valence-electron chi connectivity index (χ3n) is 2.32. The largest absolute Gasteiger partial charge is 0.496 e. The molecule has 0 spiro atoms. The van der Waals surface area contributed by atoms with Gasteiger partial charge in [0.25, 0.3) is 0 Å². The topological polar surface area (TPSA) is 26.3 Å². The summed E-state index contributed by atoms with van der Waals surface area (Å²) in [5.74, 6) is 0.703. The van der Waals surface area contributed by atoms with Gasteiger partial charge in [-0.3, -0.25) is 4.79 Å². The third-order valence-corrected chi connectivity index (χ3v) is 2.74. The van der Waals surface area contributed by atoms with Gasteiger partial charge >= 0.3 is 0 Å². The molecule has 0 atom stereocenters. The lowest BCUT2D eigenvalue weighted by atomic mass is 10.0. The van der Waals surface area contributed by atoms with Crippen molar-refractivity contribution < 1.29 is 9.53 Å². The van der Waals surface area contributed by atoms with E-state index >= 15 is 0 Å². The van der Waals surface area contributed by atoms with E-state index in [0.717, 1.165) is 23.3 Å². The minimum absolute atomic E-state index is 0.0255. The second-order valence-electron chi connectivity index (χ2n) is 3.45. The van der Waals surface area contributed by atoms with Crippen LogP contribution in [0.3, 0.4) is 0 Å². The number of thiol groups is 1. The predicted molar refractivity (Wildman–Crippen MR) is 64.2 cm³/mol. The molecule has 2 nitrogen and oxygen atoms in total. The van der Waals surface area contributed by atoms with Crippen LogP contribution in [0.4, 0.5) is 0 Å². The Kier molecular flexibility index (Phi) is 4.21. The van der Waals surface area contributed by atoms with Crippen molar-refractivity contribution in [2.24, 2.45) is 0 Å². The highest BCUT2D eigenvalue weighted by atomic mass is 32.1. The van der Waals surface area contributed by atoms with Crippen LogP contribution in [0.25, 0.3) is 0 Å². The van der Waals surface area contributed by atoms with Crippen molar-refractivity contribution in [2.45, 2.75) is 31.6 Å². The van der Waals surface area contributed by atoms with Crippen molar-refractivity contribution in [2.75, 3.05) is 7.11 Å². The first-order valence-corrected chi connectivity index (χ1v) is 5.46. The molecule has 1 aromatic carbocycles. The van der Waals surface area contributed by atoms with Crippen molar-refractivity contribution in [1.82, 2.24) is 0 Å². The number of rotatable bonds is 4. The number of Topliss-reactive ketones (excluding diaryl/α,β-unsaturated/α-hetero) is 1. The average Bonchev–Trinajstić information content (AvgIpc) is 2.20. The standard InChI is InChI=1S/C12H16O2S/c1-4-5-10-11(15)7-6-9(8(2)13)12(10)14-3/h6-7,15H,4-5H2,1-3H3. The molecule has 0 aromatic heterocycles. The Labute approximate surface area is 96.1 Å². The van der Waals surface area contributed by atoms with Crippen molar-refractivity contribution in [3.63, 3.8) is 0 Å². The van der Waals surface area contributed by atoms with Gasteiger partial charge in [0.1, 0.15) is 5.75 Å². The van der Waals surface area contributed by atoms with Gasteiger partial charge in [0.05, 0.1) is 12.7 Å². The van der Waals surface area contributed by atoms with Crippen molar-refractivity contribution in [1.29, 1.82) is 0 Å². The molecule has 0 saturated heterocycles. The molecule has 15 heavy (non-hydrogen) atoms. The highest BCUT2D eigenvalue weighted by molar-refractivity contribution is 7.80. The number of benzene rings is 1. The van der Waals surface area contributed by atoms with Crippen LogP contribution in [0.5, 0.6) is 5.75 Å². The van der Waals surface area contributed by atoms with Crippen LogP contribution in [0.2, 0.25) is 0 Å². The number of hydrogen-bond acceptors (Lipinski definition) is 3. The number of carbonyl (C=O) groups excluding carboxylic acids is 1. The molecular weight excluding hydrogens is 208 g/mol. The molecule has 0 aliphatic carbocycles. The number of ketones is 1. The van der Waals surface area contributed by atoms with E-state index in [1.165, 1.54) is 0 Å². The predicted octanol–water partition coefficient (Wildman–Crippen LogP) is 3.14. The van der Waals surface area contributed by atoms with E-state index in [1.54, 1.807) is 20.1 Å². The molecule has 0 aliphatic heterocycles. The Hall–Kier alpha value is -0.960. The minimum atomic E-state index is 0.0255. The molecule has 0 radical (unpaired) electrons. The summed E-state index contributed by atoms with van der Waals surface area (Å²) in [5, 5.41) is 0. The highest BCUT2D eigenvalue weighted by Crippen LogP contribution is 2.30. The SMILES string of the molecule is CCCc1c(S)ccc(C(C)=O)c1OC. The molecule has 0 N–H and O–H groups in total. The number of carbonyl (C=O) groups is 1. The lowest BCUT2D eigenvalue weighted by molar-refractivity contribution is 0.101. The second kappa shape index (κ2) is 5.21. The van der Waals surface area contributed by atoms with Gasteiger partial charge in [-0.1, -0.05) is 13.3 Å². The maximum atomic E-state index is 11.4. The fraction of sp³-hybridized carbons (Fsp3) is 0.417. The smallest absolute Gasteiger partial charge is 0.163 e. The fourth-order valence-corrected chi connectivity index (χ4v) is 1.91. The normalized spacial score (nSPS) is 10.1. The summed E-state index contributed by atoms with van der Waals surface area (Å²) in [6.45, 7) is 3.64. The van der Waals surface area contributed by atoms with Gasteiger partial charge in [-0.2, -0.15) is 0 Å². The Bertz CT molecular complexity index is 372. The van der Waals surface area contributed by atoms with Gasteiger partial charge in [-0.25, -0.2) is 0 Å². The van der Waals surface area contributed by atoms with E-state index < -0.39 is 0 Å². The fourth-order valence-electron chi connectivity index (χ4n) is 1.62. The Balaban J connectivity index is 3.33. The van der Waals surface area contributed by atoms with E-state index in [-0.39, 0.29) is 5.78 Å². The lowest BCUT2D eigenvalue weighted by Crippen LogP contribution is -2.02. The summed E-state index contributed by atoms with van der Waals surface area (Å²) < 4.78 is 5.30. The molecule has 3 heteroatoms. The number of hydrogen-bond donors (Lipinski definition) is 1. The molecule has 0 saturated carbocycles. The molecule has 0 fully saturated rings. The summed E-state index contributed by atoms with van der Waals surface area (Å²) in [5.41, 5.74) is 1.66. The van der Waals surface area contributed by atoms with Crippen molar-refractivity contribution in [3.05, 3.63) is 23.3 Å². The molecule has 1 aromatic rings. The maximum absolute atomic E-state index is 11.4. The maximum Gasteiger partial charge on any atom is 0.163 e. The van der Waals surface area contributed by atoms with E-state index in [2.05, 4.69) is 19.6 Å². The van der Waals surface area contributed by atoms with Gasteiger partial charge in [-0.15, -0.1) is 12.6 Å². The molecule has 0 aliphatic rings. The van der Waals surface area contributed by atoms with E-state index in [9.17, 15) is 4.79 Å². The lowest BCUT2D eigenvalue weighted by Gasteiger charge is -2.13. The van der Waals surface area contributed by atoms with Gasteiger partial charge in [0.2, 0.25) is 0 Å². The Morgan fingerprint density at radius 2 is 2.13 bits per heavy atom. The molecule has 82 valence electrons. The molecule has 0 bridgehead atoms.